The van der Waals surface area contributed by atoms with E-state index in [2.05, 4.69) is 15.6 Å². The van der Waals surface area contributed by atoms with E-state index in [0.29, 0.717) is 43.5 Å². The molecule has 0 heterocycles. The standard InChI is InChI=1S/C17H26ClN3O3/c1-4-23-16(22)6-5-11-20-17(19-3)21-12-13(2)24-15-9-7-14(18)8-10-15/h7-10,13H,4-6,11-12H2,1-3H3,(H2,19,20,21). The molecule has 0 amide bonds. The van der Waals surface area contributed by atoms with Crippen LogP contribution in [0.15, 0.2) is 29.3 Å². The summed E-state index contributed by atoms with van der Waals surface area (Å²) in [7, 11) is 1.70. The first-order chi connectivity index (χ1) is 11.5. The molecule has 0 bridgehead atoms. The van der Waals surface area contributed by atoms with Crippen LogP contribution in [-0.2, 0) is 9.53 Å². The fourth-order valence-electron chi connectivity index (χ4n) is 1.92. The van der Waals surface area contributed by atoms with Gasteiger partial charge >= 0.3 is 5.97 Å². The second-order valence-corrected chi connectivity index (χ2v) is 5.61. The van der Waals surface area contributed by atoms with E-state index in [1.165, 1.54) is 0 Å². The molecule has 1 aromatic carbocycles. The predicted octanol–water partition coefficient (Wildman–Crippen LogP) is 2.62. The average Bonchev–Trinajstić information content (AvgIpc) is 2.56. The minimum Gasteiger partial charge on any atom is -0.489 e. The van der Waals surface area contributed by atoms with Gasteiger partial charge in [-0.25, -0.2) is 0 Å². The van der Waals surface area contributed by atoms with E-state index in [0.717, 1.165) is 5.75 Å². The Labute approximate surface area is 148 Å². The molecule has 134 valence electrons. The highest BCUT2D eigenvalue weighted by Gasteiger charge is 2.06. The molecule has 0 spiro atoms. The van der Waals surface area contributed by atoms with E-state index in [1.54, 1.807) is 26.1 Å². The zero-order valence-electron chi connectivity index (χ0n) is 14.5. The number of rotatable bonds is 9. The highest BCUT2D eigenvalue weighted by atomic mass is 35.5. The van der Waals surface area contributed by atoms with Crippen LogP contribution in [0.4, 0.5) is 0 Å². The molecular weight excluding hydrogens is 330 g/mol. The summed E-state index contributed by atoms with van der Waals surface area (Å²) in [6.07, 6.45) is 1.05. The third kappa shape index (κ3) is 8.62. The highest BCUT2D eigenvalue weighted by molar-refractivity contribution is 6.30. The molecule has 1 rings (SSSR count). The van der Waals surface area contributed by atoms with Crippen molar-refractivity contribution >= 4 is 23.5 Å². The molecule has 1 aromatic rings. The number of aliphatic imine (C=N–C) groups is 1. The third-order valence-corrected chi connectivity index (χ3v) is 3.34. The van der Waals surface area contributed by atoms with Crippen LogP contribution in [0.25, 0.3) is 0 Å². The van der Waals surface area contributed by atoms with Crippen LogP contribution >= 0.6 is 11.6 Å². The maximum atomic E-state index is 11.2. The van der Waals surface area contributed by atoms with Crippen molar-refractivity contribution in [2.45, 2.75) is 32.8 Å². The molecule has 2 N–H and O–H groups in total. The molecule has 0 saturated carbocycles. The number of hydrogen-bond acceptors (Lipinski definition) is 4. The number of guanidine groups is 1. The lowest BCUT2D eigenvalue weighted by Gasteiger charge is -2.17. The van der Waals surface area contributed by atoms with Crippen LogP contribution in [-0.4, -0.2) is 44.8 Å². The summed E-state index contributed by atoms with van der Waals surface area (Å²) in [5, 5.41) is 7.02. The molecular formula is C17H26ClN3O3. The average molecular weight is 356 g/mol. The molecule has 1 unspecified atom stereocenters. The second-order valence-electron chi connectivity index (χ2n) is 5.17. The van der Waals surface area contributed by atoms with Gasteiger partial charge in [0.15, 0.2) is 5.96 Å². The minimum atomic E-state index is -0.174. The van der Waals surface area contributed by atoms with Crippen molar-refractivity contribution in [2.75, 3.05) is 26.7 Å². The van der Waals surface area contributed by atoms with Crippen molar-refractivity contribution in [1.82, 2.24) is 10.6 Å². The van der Waals surface area contributed by atoms with Crippen molar-refractivity contribution in [3.05, 3.63) is 29.3 Å². The molecule has 0 saturated heterocycles. The van der Waals surface area contributed by atoms with Gasteiger partial charge in [0.05, 0.1) is 13.2 Å². The Bertz CT molecular complexity index is 520. The molecule has 6 nitrogen and oxygen atoms in total. The molecule has 0 aromatic heterocycles. The first kappa shape index (κ1) is 20.1. The van der Waals surface area contributed by atoms with E-state index < -0.39 is 0 Å². The maximum absolute atomic E-state index is 11.2. The number of nitrogens with zero attached hydrogens (tertiary/aromatic N) is 1. The van der Waals surface area contributed by atoms with Crippen molar-refractivity contribution in [3.8, 4) is 5.75 Å². The Hall–Kier alpha value is -1.95. The Morgan fingerprint density at radius 1 is 1.29 bits per heavy atom. The zero-order valence-corrected chi connectivity index (χ0v) is 15.2. The van der Waals surface area contributed by atoms with Crippen molar-refractivity contribution in [3.63, 3.8) is 0 Å². The van der Waals surface area contributed by atoms with Gasteiger partial charge in [-0.2, -0.15) is 0 Å². The fourth-order valence-corrected chi connectivity index (χ4v) is 2.05. The fraction of sp³-hybridized carbons (Fsp3) is 0.529. The van der Waals surface area contributed by atoms with Crippen LogP contribution in [0.2, 0.25) is 5.02 Å². The summed E-state index contributed by atoms with van der Waals surface area (Å²) < 4.78 is 10.7. The molecule has 24 heavy (non-hydrogen) atoms. The Morgan fingerprint density at radius 3 is 2.62 bits per heavy atom. The maximum Gasteiger partial charge on any atom is 0.305 e. The molecule has 0 radical (unpaired) electrons. The Morgan fingerprint density at radius 2 is 2.00 bits per heavy atom. The van der Waals surface area contributed by atoms with Crippen LogP contribution in [0.5, 0.6) is 5.75 Å². The Balaban J connectivity index is 2.23. The van der Waals surface area contributed by atoms with Gasteiger partial charge in [-0.3, -0.25) is 9.79 Å². The normalized spacial score (nSPS) is 12.4. The number of hydrogen-bond donors (Lipinski definition) is 2. The number of halogens is 1. The van der Waals surface area contributed by atoms with Crippen molar-refractivity contribution in [1.29, 1.82) is 0 Å². The quantitative estimate of drug-likeness (QED) is 0.308. The van der Waals surface area contributed by atoms with Crippen LogP contribution in [0.1, 0.15) is 26.7 Å². The van der Waals surface area contributed by atoms with E-state index in [-0.39, 0.29) is 12.1 Å². The van der Waals surface area contributed by atoms with E-state index in [9.17, 15) is 4.79 Å². The van der Waals surface area contributed by atoms with Gasteiger partial charge in [0.1, 0.15) is 11.9 Å². The first-order valence-corrected chi connectivity index (χ1v) is 8.45. The lowest BCUT2D eigenvalue weighted by molar-refractivity contribution is -0.143. The monoisotopic (exact) mass is 355 g/mol. The number of benzene rings is 1. The molecule has 0 aliphatic carbocycles. The zero-order chi connectivity index (χ0) is 17.8. The van der Waals surface area contributed by atoms with Gasteiger partial charge in [0.2, 0.25) is 0 Å². The smallest absolute Gasteiger partial charge is 0.305 e. The van der Waals surface area contributed by atoms with Gasteiger partial charge in [0, 0.05) is 25.0 Å². The summed E-state index contributed by atoms with van der Waals surface area (Å²) in [4.78, 5) is 15.4. The summed E-state index contributed by atoms with van der Waals surface area (Å²) >= 11 is 5.85. The lowest BCUT2D eigenvalue weighted by atomic mass is 10.3. The van der Waals surface area contributed by atoms with Crippen LogP contribution in [0, 0.1) is 0 Å². The van der Waals surface area contributed by atoms with E-state index >= 15 is 0 Å². The molecule has 0 aliphatic rings. The van der Waals surface area contributed by atoms with Gasteiger partial charge in [-0.05, 0) is 44.5 Å². The SMILES string of the molecule is CCOC(=O)CCCNC(=NC)NCC(C)Oc1ccc(Cl)cc1. The number of esters is 1. The van der Waals surface area contributed by atoms with Gasteiger partial charge in [0.25, 0.3) is 0 Å². The molecule has 0 aliphatic heterocycles. The molecule has 0 fully saturated rings. The molecule has 7 heteroatoms. The Kier molecular flexibility index (Phi) is 9.68. The lowest BCUT2D eigenvalue weighted by Crippen LogP contribution is -2.42. The van der Waals surface area contributed by atoms with Gasteiger partial charge in [-0.15, -0.1) is 0 Å². The number of ether oxygens (including phenoxy) is 2. The number of nitrogens with one attached hydrogen (secondary N) is 2. The van der Waals surface area contributed by atoms with Gasteiger partial charge in [-0.1, -0.05) is 11.6 Å². The first-order valence-electron chi connectivity index (χ1n) is 8.07. The van der Waals surface area contributed by atoms with Crippen LogP contribution < -0.4 is 15.4 Å². The largest absolute Gasteiger partial charge is 0.489 e. The topological polar surface area (TPSA) is 72.0 Å². The predicted molar refractivity (Wildman–Crippen MR) is 96.8 cm³/mol. The van der Waals surface area contributed by atoms with Crippen molar-refractivity contribution in [2.24, 2.45) is 4.99 Å². The van der Waals surface area contributed by atoms with E-state index in [1.807, 2.05) is 19.1 Å². The minimum absolute atomic E-state index is 0.0377. The van der Waals surface area contributed by atoms with Crippen molar-refractivity contribution < 1.29 is 14.3 Å². The molecule has 1 atom stereocenters. The number of carbonyl (C=O) groups is 1. The van der Waals surface area contributed by atoms with E-state index in [4.69, 9.17) is 21.1 Å². The third-order valence-electron chi connectivity index (χ3n) is 3.09. The summed E-state index contributed by atoms with van der Waals surface area (Å²) in [6, 6.07) is 7.25. The van der Waals surface area contributed by atoms with Gasteiger partial charge < -0.3 is 20.1 Å². The summed E-state index contributed by atoms with van der Waals surface area (Å²) in [5.41, 5.74) is 0. The highest BCUT2D eigenvalue weighted by Crippen LogP contribution is 2.16. The second kappa shape index (κ2) is 11.6. The van der Waals surface area contributed by atoms with Crippen LogP contribution in [0.3, 0.4) is 0 Å². The number of carbonyl (C=O) groups excluding carboxylic acids is 1. The summed E-state index contributed by atoms with van der Waals surface area (Å²) in [5.74, 6) is 1.27. The summed E-state index contributed by atoms with van der Waals surface area (Å²) in [6.45, 7) is 5.43.